The highest BCUT2D eigenvalue weighted by molar-refractivity contribution is 5.84. The van der Waals surface area contributed by atoms with Crippen LogP contribution in [0.2, 0.25) is 0 Å². The number of aromatic carboxylic acids is 1. The molecule has 0 unspecified atom stereocenters. The highest BCUT2D eigenvalue weighted by atomic mass is 16.6. The number of furan rings is 1. The van der Waals surface area contributed by atoms with Crippen LogP contribution in [0.3, 0.4) is 0 Å². The second-order valence-electron chi connectivity index (χ2n) is 11.2. The van der Waals surface area contributed by atoms with Crippen LogP contribution in [0.1, 0.15) is 60.6 Å². The van der Waals surface area contributed by atoms with Crippen molar-refractivity contribution in [1.82, 2.24) is 10.2 Å². The fourth-order valence-electron chi connectivity index (χ4n) is 5.44. The van der Waals surface area contributed by atoms with Crippen molar-refractivity contribution in [2.75, 3.05) is 19.8 Å². The number of ether oxygens (including phenoxy) is 3. The average molecular weight is 563 g/mol. The van der Waals surface area contributed by atoms with Crippen molar-refractivity contribution in [3.05, 3.63) is 83.3 Å². The summed E-state index contributed by atoms with van der Waals surface area (Å²) in [6.45, 7) is 5.87. The number of carboxylic acid groups (broad SMARTS) is 1. The monoisotopic (exact) mass is 562 g/mol. The van der Waals surface area contributed by atoms with E-state index in [0.717, 1.165) is 22.3 Å². The SMILES string of the molecule is CC(C)(C)OC(=O)N[C@@H]1COCC[C@@H]1N(Cc1ccc(C(=O)O)o1)C(=O)OCC1c2ccccc2-c2ccccc21. The van der Waals surface area contributed by atoms with E-state index in [2.05, 4.69) is 17.4 Å². The van der Waals surface area contributed by atoms with Crippen LogP contribution in [-0.4, -0.2) is 65.7 Å². The lowest BCUT2D eigenvalue weighted by molar-refractivity contribution is -0.00851. The van der Waals surface area contributed by atoms with E-state index >= 15 is 0 Å². The number of fused-ring (bicyclic) bond motifs is 3. The van der Waals surface area contributed by atoms with E-state index in [1.54, 1.807) is 20.8 Å². The van der Waals surface area contributed by atoms with Gasteiger partial charge < -0.3 is 29.1 Å². The fourth-order valence-corrected chi connectivity index (χ4v) is 5.44. The molecule has 2 amide bonds. The summed E-state index contributed by atoms with van der Waals surface area (Å²) in [7, 11) is 0. The first-order chi connectivity index (χ1) is 19.6. The molecule has 1 fully saturated rings. The van der Waals surface area contributed by atoms with E-state index in [1.807, 2.05) is 36.4 Å². The van der Waals surface area contributed by atoms with E-state index in [-0.39, 0.29) is 37.2 Å². The van der Waals surface area contributed by atoms with Gasteiger partial charge in [-0.15, -0.1) is 0 Å². The maximum absolute atomic E-state index is 13.8. The zero-order valence-corrected chi connectivity index (χ0v) is 23.3. The molecule has 2 aliphatic rings. The minimum Gasteiger partial charge on any atom is -0.475 e. The Hall–Kier alpha value is -4.31. The van der Waals surface area contributed by atoms with Gasteiger partial charge in [0.15, 0.2) is 0 Å². The Morgan fingerprint density at radius 1 is 1.00 bits per heavy atom. The zero-order chi connectivity index (χ0) is 29.1. The molecule has 2 heterocycles. The summed E-state index contributed by atoms with van der Waals surface area (Å²) in [5, 5.41) is 12.1. The molecule has 41 heavy (non-hydrogen) atoms. The normalized spacial score (nSPS) is 18.2. The number of hydrogen-bond acceptors (Lipinski definition) is 7. The highest BCUT2D eigenvalue weighted by Crippen LogP contribution is 2.44. The number of carboxylic acids is 1. The number of benzene rings is 2. The van der Waals surface area contributed by atoms with Crippen LogP contribution in [0.15, 0.2) is 65.1 Å². The van der Waals surface area contributed by atoms with Crippen LogP contribution in [-0.2, 0) is 20.8 Å². The first-order valence-electron chi connectivity index (χ1n) is 13.6. The van der Waals surface area contributed by atoms with Gasteiger partial charge in [0.1, 0.15) is 18.0 Å². The highest BCUT2D eigenvalue weighted by Gasteiger charge is 2.38. The molecule has 3 aromatic rings. The Balaban J connectivity index is 1.38. The predicted octanol–water partition coefficient (Wildman–Crippen LogP) is 5.41. The molecule has 0 spiro atoms. The molecule has 0 saturated carbocycles. The Labute approximate surface area is 238 Å². The summed E-state index contributed by atoms with van der Waals surface area (Å²) >= 11 is 0. The van der Waals surface area contributed by atoms with Crippen molar-refractivity contribution in [3.8, 4) is 11.1 Å². The molecule has 1 aliphatic carbocycles. The number of carbonyl (C=O) groups excluding carboxylic acids is 2. The van der Waals surface area contributed by atoms with E-state index in [1.165, 1.54) is 17.0 Å². The maximum Gasteiger partial charge on any atom is 0.410 e. The number of hydrogen-bond donors (Lipinski definition) is 2. The van der Waals surface area contributed by atoms with E-state index in [0.29, 0.717) is 13.0 Å². The second kappa shape index (κ2) is 11.7. The van der Waals surface area contributed by atoms with Crippen LogP contribution in [0.25, 0.3) is 11.1 Å². The Morgan fingerprint density at radius 3 is 2.27 bits per heavy atom. The minimum absolute atomic E-state index is 0.0544. The van der Waals surface area contributed by atoms with Gasteiger partial charge in [-0.05, 0) is 61.6 Å². The Morgan fingerprint density at radius 2 is 1.66 bits per heavy atom. The Bertz CT molecular complexity index is 1380. The second-order valence-corrected chi connectivity index (χ2v) is 11.2. The van der Waals surface area contributed by atoms with Crippen molar-refractivity contribution in [2.45, 2.75) is 57.3 Å². The molecule has 216 valence electrons. The first kappa shape index (κ1) is 28.2. The van der Waals surface area contributed by atoms with Gasteiger partial charge in [-0.2, -0.15) is 0 Å². The number of amides is 2. The van der Waals surface area contributed by atoms with Gasteiger partial charge in [0.25, 0.3) is 0 Å². The van der Waals surface area contributed by atoms with Crippen molar-refractivity contribution in [3.63, 3.8) is 0 Å². The lowest BCUT2D eigenvalue weighted by Gasteiger charge is -2.39. The number of rotatable bonds is 7. The zero-order valence-electron chi connectivity index (χ0n) is 23.3. The molecule has 1 aromatic heterocycles. The third-order valence-corrected chi connectivity index (χ3v) is 7.19. The maximum atomic E-state index is 13.8. The molecule has 1 aliphatic heterocycles. The van der Waals surface area contributed by atoms with Gasteiger partial charge in [0.05, 0.1) is 25.2 Å². The third kappa shape index (κ3) is 6.38. The Kier molecular flexibility index (Phi) is 8.03. The summed E-state index contributed by atoms with van der Waals surface area (Å²) in [6, 6.07) is 17.9. The summed E-state index contributed by atoms with van der Waals surface area (Å²) < 4.78 is 22.5. The molecular weight excluding hydrogens is 528 g/mol. The van der Waals surface area contributed by atoms with Gasteiger partial charge in [-0.1, -0.05) is 48.5 Å². The molecule has 0 bridgehead atoms. The van der Waals surface area contributed by atoms with Crippen LogP contribution >= 0.6 is 0 Å². The molecule has 5 rings (SSSR count). The number of nitrogens with one attached hydrogen (secondary N) is 1. The summed E-state index contributed by atoms with van der Waals surface area (Å²) in [4.78, 5) is 39.3. The molecule has 1 saturated heterocycles. The third-order valence-electron chi connectivity index (χ3n) is 7.19. The fraction of sp³-hybridized carbons (Fsp3) is 0.387. The number of alkyl carbamates (subject to hydrolysis) is 1. The van der Waals surface area contributed by atoms with Crippen molar-refractivity contribution in [2.24, 2.45) is 0 Å². The lowest BCUT2D eigenvalue weighted by atomic mass is 9.98. The van der Waals surface area contributed by atoms with Crippen LogP contribution in [0.4, 0.5) is 9.59 Å². The molecule has 2 N–H and O–H groups in total. The van der Waals surface area contributed by atoms with Crippen molar-refractivity contribution in [1.29, 1.82) is 0 Å². The van der Waals surface area contributed by atoms with Gasteiger partial charge in [-0.3, -0.25) is 4.90 Å². The van der Waals surface area contributed by atoms with Crippen LogP contribution < -0.4 is 5.32 Å². The van der Waals surface area contributed by atoms with E-state index < -0.39 is 35.8 Å². The van der Waals surface area contributed by atoms with E-state index in [9.17, 15) is 19.5 Å². The topological polar surface area (TPSA) is 128 Å². The molecule has 10 nitrogen and oxygen atoms in total. The lowest BCUT2D eigenvalue weighted by Crippen LogP contribution is -2.58. The largest absolute Gasteiger partial charge is 0.475 e. The smallest absolute Gasteiger partial charge is 0.410 e. The molecule has 2 atom stereocenters. The van der Waals surface area contributed by atoms with Gasteiger partial charge in [0.2, 0.25) is 5.76 Å². The van der Waals surface area contributed by atoms with Crippen LogP contribution in [0.5, 0.6) is 0 Å². The molecule has 10 heteroatoms. The predicted molar refractivity (Wildman–Crippen MR) is 149 cm³/mol. The van der Waals surface area contributed by atoms with Gasteiger partial charge in [0, 0.05) is 12.5 Å². The average Bonchev–Trinajstić information content (AvgIpc) is 3.53. The molecule has 0 radical (unpaired) electrons. The summed E-state index contributed by atoms with van der Waals surface area (Å²) in [5.41, 5.74) is 3.69. The van der Waals surface area contributed by atoms with Crippen molar-refractivity contribution >= 4 is 18.2 Å². The summed E-state index contributed by atoms with van der Waals surface area (Å²) in [5.74, 6) is -1.30. The quantitative estimate of drug-likeness (QED) is 0.391. The molecular formula is C31H34N2O8. The number of carbonyl (C=O) groups is 3. The minimum atomic E-state index is -1.21. The molecule has 2 aromatic carbocycles. The van der Waals surface area contributed by atoms with Crippen LogP contribution in [0, 0.1) is 0 Å². The van der Waals surface area contributed by atoms with Crippen molar-refractivity contribution < 1.29 is 38.1 Å². The van der Waals surface area contributed by atoms with E-state index in [4.69, 9.17) is 18.6 Å². The standard InChI is InChI=1S/C31H34N2O8/c1-31(2,3)41-29(36)32-25-18-38-15-14-26(25)33(16-19-12-13-27(40-19)28(34)35)30(37)39-17-24-22-10-6-4-8-20(22)21-9-5-7-11-23(21)24/h4-13,24-26H,14-18H2,1-3H3,(H,32,36)(H,34,35)/t25-,26+/m1/s1. The summed E-state index contributed by atoms with van der Waals surface area (Å²) in [6.07, 6.45) is -0.823. The van der Waals surface area contributed by atoms with Gasteiger partial charge >= 0.3 is 18.2 Å². The first-order valence-corrected chi connectivity index (χ1v) is 13.6. The number of nitrogens with zero attached hydrogens (tertiary/aromatic N) is 1. The van der Waals surface area contributed by atoms with Gasteiger partial charge in [-0.25, -0.2) is 14.4 Å².